The number of aryl methyl sites for hydroxylation is 1. The van der Waals surface area contributed by atoms with E-state index in [1.54, 1.807) is 30.3 Å². The van der Waals surface area contributed by atoms with Gasteiger partial charge in [0, 0.05) is 12.4 Å². The van der Waals surface area contributed by atoms with Gasteiger partial charge < -0.3 is 9.47 Å². The summed E-state index contributed by atoms with van der Waals surface area (Å²) in [4.78, 5) is 16.8. The molecule has 2 heterocycles. The Morgan fingerprint density at radius 3 is 2.36 bits per heavy atom. The number of hydrogen-bond acceptors (Lipinski definition) is 8. The van der Waals surface area contributed by atoms with Crippen LogP contribution in [-0.2, 0) is 10.0 Å². The van der Waals surface area contributed by atoms with Gasteiger partial charge in [-0.2, -0.15) is 0 Å². The van der Waals surface area contributed by atoms with Crippen LogP contribution in [0.2, 0.25) is 5.15 Å². The normalized spacial score (nSPS) is 11.4. The average Bonchev–Trinajstić information content (AvgIpc) is 2.87. The minimum absolute atomic E-state index is 0.0178. The number of benzene rings is 2. The van der Waals surface area contributed by atoms with Gasteiger partial charge in [-0.1, -0.05) is 41.9 Å². The van der Waals surface area contributed by atoms with E-state index >= 15 is 0 Å². The molecule has 2 aromatic heterocycles. The molecule has 36 heavy (non-hydrogen) atoms. The van der Waals surface area contributed by atoms with Crippen LogP contribution < -0.4 is 14.2 Å². The van der Waals surface area contributed by atoms with Gasteiger partial charge >= 0.3 is 0 Å². The Kier molecular flexibility index (Phi) is 7.47. The second-order valence-electron chi connectivity index (χ2n) is 7.58. The van der Waals surface area contributed by atoms with Crippen molar-refractivity contribution in [2.75, 3.05) is 11.8 Å². The number of ether oxygens (including phenoxy) is 2. The number of nitrogens with one attached hydrogen (secondary N) is 1. The third-order valence-corrected chi connectivity index (χ3v) is 6.41. The van der Waals surface area contributed by atoms with Crippen LogP contribution in [0.4, 0.5) is 5.82 Å². The van der Waals surface area contributed by atoms with Crippen molar-refractivity contribution in [3.63, 3.8) is 0 Å². The Bertz CT molecular complexity index is 1530. The van der Waals surface area contributed by atoms with Crippen molar-refractivity contribution in [1.82, 2.24) is 19.9 Å². The lowest BCUT2D eigenvalue weighted by atomic mass is 10.0. The number of methoxy groups -OCH3 is 1. The van der Waals surface area contributed by atoms with E-state index < -0.39 is 10.0 Å². The first-order chi connectivity index (χ1) is 17.3. The largest absolute Gasteiger partial charge is 0.493 e. The molecule has 11 heteroatoms. The molecule has 0 atom stereocenters. The zero-order valence-electron chi connectivity index (χ0n) is 19.6. The van der Waals surface area contributed by atoms with Crippen LogP contribution in [-0.4, -0.2) is 35.5 Å². The second-order valence-corrected chi connectivity index (χ2v) is 9.50. The minimum Gasteiger partial charge on any atom is -0.493 e. The fourth-order valence-electron chi connectivity index (χ4n) is 3.20. The van der Waals surface area contributed by atoms with Gasteiger partial charge in [-0.15, -0.1) is 0 Å². The number of rotatable bonds is 8. The number of sulfonamides is 1. The molecule has 0 aliphatic carbocycles. The van der Waals surface area contributed by atoms with Crippen LogP contribution in [0.15, 0.2) is 66.3 Å². The van der Waals surface area contributed by atoms with Gasteiger partial charge in [-0.3, -0.25) is 4.72 Å². The molecule has 4 aromatic rings. The SMILES string of the molecule is COc1ccccc1Oc1c(Cl)nc(-c2ncccn2)nc1NS(=O)(=O)/C=C/c1cccc(C)c1C. The lowest BCUT2D eigenvalue weighted by molar-refractivity contribution is 0.378. The summed E-state index contributed by atoms with van der Waals surface area (Å²) in [7, 11) is -2.56. The van der Waals surface area contributed by atoms with Crippen molar-refractivity contribution in [3.05, 3.63) is 88.2 Å². The minimum atomic E-state index is -4.04. The monoisotopic (exact) mass is 523 g/mol. The average molecular weight is 524 g/mol. The Hall–Kier alpha value is -4.02. The maximum atomic E-state index is 13.0. The van der Waals surface area contributed by atoms with Crippen LogP contribution >= 0.6 is 11.6 Å². The highest BCUT2D eigenvalue weighted by Gasteiger charge is 2.22. The third kappa shape index (κ3) is 5.78. The summed E-state index contributed by atoms with van der Waals surface area (Å²) in [6, 6.07) is 14.1. The van der Waals surface area contributed by atoms with Crippen molar-refractivity contribution in [3.8, 4) is 28.9 Å². The first-order valence-electron chi connectivity index (χ1n) is 10.7. The molecule has 0 radical (unpaired) electrons. The van der Waals surface area contributed by atoms with E-state index in [2.05, 4.69) is 24.7 Å². The molecular weight excluding hydrogens is 502 g/mol. The Morgan fingerprint density at radius 2 is 1.64 bits per heavy atom. The molecule has 0 saturated heterocycles. The fourth-order valence-corrected chi connectivity index (χ4v) is 4.21. The van der Waals surface area contributed by atoms with E-state index in [1.807, 2.05) is 32.0 Å². The number of halogens is 1. The van der Waals surface area contributed by atoms with E-state index in [9.17, 15) is 8.42 Å². The van der Waals surface area contributed by atoms with Gasteiger partial charge in [0.15, 0.2) is 28.3 Å². The molecule has 0 saturated carbocycles. The topological polar surface area (TPSA) is 116 Å². The summed E-state index contributed by atoms with van der Waals surface area (Å²) in [5, 5.41) is 0.908. The van der Waals surface area contributed by atoms with Crippen molar-refractivity contribution >= 4 is 33.5 Å². The summed E-state index contributed by atoms with van der Waals surface area (Å²) < 4.78 is 39.8. The smallest absolute Gasteiger partial charge is 0.256 e. The lowest BCUT2D eigenvalue weighted by Gasteiger charge is -2.15. The highest BCUT2D eigenvalue weighted by atomic mass is 35.5. The van der Waals surface area contributed by atoms with Gasteiger partial charge in [-0.25, -0.2) is 28.4 Å². The van der Waals surface area contributed by atoms with Gasteiger partial charge in [0.1, 0.15) is 0 Å². The highest BCUT2D eigenvalue weighted by molar-refractivity contribution is 7.95. The number of para-hydroxylation sites is 2. The molecule has 0 aliphatic rings. The van der Waals surface area contributed by atoms with Crippen LogP contribution in [0.25, 0.3) is 17.7 Å². The Morgan fingerprint density at radius 1 is 0.917 bits per heavy atom. The first-order valence-corrected chi connectivity index (χ1v) is 12.6. The first kappa shape index (κ1) is 25.1. The molecule has 0 unspecified atom stereocenters. The number of aromatic nitrogens is 4. The molecule has 9 nitrogen and oxygen atoms in total. The predicted molar refractivity (Wildman–Crippen MR) is 139 cm³/mol. The van der Waals surface area contributed by atoms with E-state index in [0.29, 0.717) is 11.5 Å². The zero-order valence-corrected chi connectivity index (χ0v) is 21.2. The van der Waals surface area contributed by atoms with Crippen molar-refractivity contribution in [2.45, 2.75) is 13.8 Å². The van der Waals surface area contributed by atoms with E-state index in [4.69, 9.17) is 21.1 Å². The summed E-state index contributed by atoms with van der Waals surface area (Å²) in [5.74, 6) is 0.589. The standard InChI is InChI=1S/C25H22ClN5O4S/c1-16-8-6-9-18(17(16)2)12-15-36(32,33)31-23-21(35-20-11-5-4-10-19(20)34-3)22(26)29-25(30-23)24-27-13-7-14-28-24/h4-15H,1-3H3,(H,29,30,31)/b15-12+. The molecule has 0 amide bonds. The third-order valence-electron chi connectivity index (χ3n) is 5.18. The van der Waals surface area contributed by atoms with Gasteiger partial charge in [0.2, 0.25) is 11.6 Å². The molecule has 1 N–H and O–H groups in total. The maximum absolute atomic E-state index is 13.0. The van der Waals surface area contributed by atoms with E-state index in [-0.39, 0.29) is 28.4 Å². The van der Waals surface area contributed by atoms with Gasteiger partial charge in [0.25, 0.3) is 10.0 Å². The number of nitrogens with zero attached hydrogens (tertiary/aromatic N) is 4. The summed E-state index contributed by atoms with van der Waals surface area (Å²) in [5.41, 5.74) is 2.78. The zero-order chi connectivity index (χ0) is 25.7. The van der Waals surface area contributed by atoms with Crippen molar-refractivity contribution in [2.24, 2.45) is 0 Å². The Balaban J connectivity index is 1.76. The molecule has 0 aliphatic heterocycles. The maximum Gasteiger partial charge on any atom is 0.256 e. The molecule has 4 rings (SSSR count). The fraction of sp³-hybridized carbons (Fsp3) is 0.120. The number of hydrogen-bond donors (Lipinski definition) is 1. The predicted octanol–water partition coefficient (Wildman–Crippen LogP) is 5.42. The second kappa shape index (κ2) is 10.7. The van der Waals surface area contributed by atoms with Gasteiger partial charge in [0.05, 0.1) is 12.5 Å². The quantitative estimate of drug-likeness (QED) is 0.304. The summed E-state index contributed by atoms with van der Waals surface area (Å²) in [6.07, 6.45) is 4.53. The van der Waals surface area contributed by atoms with E-state index in [0.717, 1.165) is 22.1 Å². The van der Waals surface area contributed by atoms with Crippen molar-refractivity contribution in [1.29, 1.82) is 0 Å². The van der Waals surface area contributed by atoms with E-state index in [1.165, 1.54) is 25.6 Å². The van der Waals surface area contributed by atoms with Crippen molar-refractivity contribution < 1.29 is 17.9 Å². The Labute approximate surface area is 213 Å². The summed E-state index contributed by atoms with van der Waals surface area (Å²) in [6.45, 7) is 3.88. The molecule has 2 aromatic carbocycles. The lowest BCUT2D eigenvalue weighted by Crippen LogP contribution is -2.13. The molecule has 0 spiro atoms. The molecule has 0 fully saturated rings. The van der Waals surface area contributed by atoms with Crippen LogP contribution in [0, 0.1) is 13.8 Å². The highest BCUT2D eigenvalue weighted by Crippen LogP contribution is 2.39. The molecular formula is C25H22ClN5O4S. The molecule has 0 bridgehead atoms. The summed E-state index contributed by atoms with van der Waals surface area (Å²) >= 11 is 6.44. The van der Waals surface area contributed by atoms with Gasteiger partial charge in [-0.05, 0) is 54.8 Å². The van der Waals surface area contributed by atoms with Crippen LogP contribution in [0.3, 0.4) is 0 Å². The van der Waals surface area contributed by atoms with Crippen LogP contribution in [0.1, 0.15) is 16.7 Å². The van der Waals surface area contributed by atoms with Crippen LogP contribution in [0.5, 0.6) is 17.2 Å². The molecule has 184 valence electrons. The number of anilines is 1.